The van der Waals surface area contributed by atoms with Gasteiger partial charge in [-0.2, -0.15) is 5.10 Å². The zero-order valence-electron chi connectivity index (χ0n) is 24.4. The number of rotatable bonds is 10. The first-order valence-corrected chi connectivity index (χ1v) is 14.9. The highest BCUT2D eigenvalue weighted by molar-refractivity contribution is 5.68. The number of piperidine rings is 1. The van der Waals surface area contributed by atoms with Gasteiger partial charge in [0.2, 0.25) is 0 Å². The monoisotopic (exact) mass is 564 g/mol. The van der Waals surface area contributed by atoms with Crippen LogP contribution >= 0.6 is 0 Å². The highest BCUT2D eigenvalue weighted by Crippen LogP contribution is 2.39. The first kappa shape index (κ1) is 29.4. The second-order valence-corrected chi connectivity index (χ2v) is 12.4. The lowest BCUT2D eigenvalue weighted by Gasteiger charge is -2.36. The van der Waals surface area contributed by atoms with Crippen LogP contribution in [0.3, 0.4) is 0 Å². The molecule has 2 unspecified atom stereocenters. The minimum Gasteiger partial charge on any atom is -0.481 e. The third kappa shape index (κ3) is 6.87. The van der Waals surface area contributed by atoms with Crippen LogP contribution in [-0.4, -0.2) is 68.9 Å². The molecule has 1 N–H and O–H groups in total. The molecule has 2 aliphatic heterocycles. The lowest BCUT2D eigenvalue weighted by Crippen LogP contribution is -2.45. The molecular weight excluding hydrogens is 522 g/mol. The first-order chi connectivity index (χ1) is 19.6. The Bertz CT molecular complexity index is 1330. The van der Waals surface area contributed by atoms with Crippen LogP contribution in [-0.2, 0) is 17.8 Å². The van der Waals surface area contributed by atoms with Gasteiger partial charge in [-0.25, -0.2) is 8.78 Å². The number of carboxylic acids is 1. The van der Waals surface area contributed by atoms with E-state index in [-0.39, 0.29) is 6.42 Å². The van der Waals surface area contributed by atoms with Crippen molar-refractivity contribution in [2.75, 3.05) is 32.7 Å². The summed E-state index contributed by atoms with van der Waals surface area (Å²) in [6, 6.07) is 16.9. The summed E-state index contributed by atoms with van der Waals surface area (Å²) in [5.74, 6) is -1.18. The highest BCUT2D eigenvalue weighted by Gasteiger charge is 2.42. The van der Waals surface area contributed by atoms with Crippen molar-refractivity contribution in [3.8, 4) is 0 Å². The molecule has 3 aromatic rings. The summed E-state index contributed by atoms with van der Waals surface area (Å²) in [5.41, 5.74) is 3.78. The van der Waals surface area contributed by atoms with Gasteiger partial charge in [-0.05, 0) is 81.9 Å². The van der Waals surface area contributed by atoms with Crippen molar-refractivity contribution >= 4 is 5.97 Å². The Morgan fingerprint density at radius 1 is 1.02 bits per heavy atom. The van der Waals surface area contributed by atoms with E-state index in [1.165, 1.54) is 23.4 Å². The van der Waals surface area contributed by atoms with Crippen LogP contribution in [0.4, 0.5) is 8.78 Å². The fourth-order valence-electron chi connectivity index (χ4n) is 6.87. The maximum Gasteiger partial charge on any atom is 0.305 e. The Morgan fingerprint density at radius 2 is 1.76 bits per heavy atom. The molecule has 2 aromatic carbocycles. The van der Waals surface area contributed by atoms with E-state index in [0.29, 0.717) is 24.2 Å². The summed E-state index contributed by atoms with van der Waals surface area (Å²) < 4.78 is 29.2. The normalized spacial score (nSPS) is 21.0. The van der Waals surface area contributed by atoms with Gasteiger partial charge in [-0.3, -0.25) is 14.4 Å². The maximum absolute atomic E-state index is 13.7. The molecule has 0 radical (unpaired) electrons. The minimum atomic E-state index is -0.829. The van der Waals surface area contributed by atoms with Crippen LogP contribution in [0.2, 0.25) is 0 Å². The van der Waals surface area contributed by atoms with Gasteiger partial charge < -0.3 is 10.0 Å². The molecule has 3 heterocycles. The average Bonchev–Trinajstić information content (AvgIpc) is 3.56. The van der Waals surface area contributed by atoms with E-state index < -0.39 is 23.1 Å². The predicted octanol–water partition coefficient (Wildman–Crippen LogP) is 5.92. The summed E-state index contributed by atoms with van der Waals surface area (Å²) in [4.78, 5) is 16.5. The highest BCUT2D eigenvalue weighted by atomic mass is 19.2. The van der Waals surface area contributed by atoms with E-state index in [1.54, 1.807) is 6.07 Å². The van der Waals surface area contributed by atoms with Gasteiger partial charge in [-0.15, -0.1) is 0 Å². The minimum absolute atomic E-state index is 0.135. The second-order valence-electron chi connectivity index (χ2n) is 12.4. The van der Waals surface area contributed by atoms with Crippen LogP contribution in [0.15, 0.2) is 54.6 Å². The largest absolute Gasteiger partial charge is 0.481 e. The first-order valence-electron chi connectivity index (χ1n) is 14.9. The molecule has 6 nitrogen and oxygen atoms in total. The molecular formula is C33H42F2N4O2. The van der Waals surface area contributed by atoms with Crippen LogP contribution in [0, 0.1) is 17.6 Å². The molecule has 0 bridgehead atoms. The standard InChI is InChI=1S/C33H42F2N4O2/c1-4-39-31(18-27(36-39)16-23-10-11-29(34)30(35)17-23)25-12-14-37(15-13-25)20-26-21-38(33(2,3)19-32(40)41)22-28(26)24-8-6-5-7-9-24/h5-11,17-18,25-26,28H,4,12-16,19-22H2,1-3H3,(H,40,41). The SMILES string of the molecule is CCn1nc(Cc2ccc(F)c(F)c2)cc1C1CCN(CC2CN(C(C)(C)CC(=O)O)CC2c2ccccc2)CC1. The molecule has 1 aromatic heterocycles. The number of aryl methyl sites for hydroxylation is 1. The molecule has 2 aliphatic rings. The Balaban J connectivity index is 1.24. The summed E-state index contributed by atoms with van der Waals surface area (Å²) >= 11 is 0. The Kier molecular flexibility index (Phi) is 8.90. The van der Waals surface area contributed by atoms with E-state index in [0.717, 1.165) is 63.4 Å². The Morgan fingerprint density at radius 3 is 2.41 bits per heavy atom. The van der Waals surface area contributed by atoms with E-state index in [1.807, 2.05) is 0 Å². The van der Waals surface area contributed by atoms with Crippen molar-refractivity contribution in [1.29, 1.82) is 0 Å². The third-order valence-corrected chi connectivity index (χ3v) is 9.14. The lowest BCUT2D eigenvalue weighted by molar-refractivity contribution is -0.139. The summed E-state index contributed by atoms with van der Waals surface area (Å²) in [7, 11) is 0. The summed E-state index contributed by atoms with van der Waals surface area (Å²) in [6.07, 6.45) is 2.71. The van der Waals surface area contributed by atoms with Gasteiger partial charge in [0, 0.05) is 55.7 Å². The van der Waals surface area contributed by atoms with Crippen LogP contribution in [0.5, 0.6) is 0 Å². The fraction of sp³-hybridized carbons (Fsp3) is 0.515. The molecule has 0 aliphatic carbocycles. The lowest BCUT2D eigenvalue weighted by atomic mass is 9.87. The quantitative estimate of drug-likeness (QED) is 0.331. The number of benzene rings is 2. The summed E-state index contributed by atoms with van der Waals surface area (Å²) in [5, 5.41) is 14.3. The average molecular weight is 565 g/mol. The third-order valence-electron chi connectivity index (χ3n) is 9.14. The van der Waals surface area contributed by atoms with Gasteiger partial charge in [0.25, 0.3) is 0 Å². The molecule has 2 saturated heterocycles. The van der Waals surface area contributed by atoms with Crippen molar-refractivity contribution in [3.63, 3.8) is 0 Å². The van der Waals surface area contributed by atoms with E-state index in [4.69, 9.17) is 5.10 Å². The maximum atomic E-state index is 13.7. The number of hydrogen-bond donors (Lipinski definition) is 1. The number of halogens is 2. The van der Waals surface area contributed by atoms with Crippen LogP contribution in [0.25, 0.3) is 0 Å². The van der Waals surface area contributed by atoms with Crippen molar-refractivity contribution < 1.29 is 18.7 Å². The zero-order chi connectivity index (χ0) is 29.1. The summed E-state index contributed by atoms with van der Waals surface area (Å²) in [6.45, 7) is 11.8. The Hall–Kier alpha value is -3.10. The molecule has 220 valence electrons. The Labute approximate surface area is 242 Å². The number of hydrogen-bond acceptors (Lipinski definition) is 4. The van der Waals surface area contributed by atoms with Crippen LogP contribution in [0.1, 0.15) is 74.4 Å². The molecule has 2 fully saturated rings. The van der Waals surface area contributed by atoms with Crippen LogP contribution < -0.4 is 0 Å². The number of aliphatic carboxylic acids is 1. The van der Waals surface area contributed by atoms with E-state index >= 15 is 0 Å². The molecule has 5 rings (SSSR count). The van der Waals surface area contributed by atoms with Crippen molar-refractivity contribution in [3.05, 3.63) is 88.7 Å². The van der Waals surface area contributed by atoms with Gasteiger partial charge in [-0.1, -0.05) is 36.4 Å². The molecule has 0 amide bonds. The molecule has 41 heavy (non-hydrogen) atoms. The topological polar surface area (TPSA) is 61.6 Å². The molecule has 8 heteroatoms. The predicted molar refractivity (Wildman–Crippen MR) is 156 cm³/mol. The van der Waals surface area contributed by atoms with Gasteiger partial charge in [0.15, 0.2) is 11.6 Å². The number of aromatic nitrogens is 2. The van der Waals surface area contributed by atoms with Crippen molar-refractivity contribution in [2.45, 2.75) is 70.4 Å². The van der Waals surface area contributed by atoms with E-state index in [2.05, 4.69) is 71.7 Å². The van der Waals surface area contributed by atoms with E-state index in [9.17, 15) is 18.7 Å². The zero-order valence-corrected chi connectivity index (χ0v) is 24.4. The van der Waals surface area contributed by atoms with Crippen molar-refractivity contribution in [1.82, 2.24) is 19.6 Å². The van der Waals surface area contributed by atoms with Gasteiger partial charge in [0.1, 0.15) is 0 Å². The van der Waals surface area contributed by atoms with Crippen molar-refractivity contribution in [2.24, 2.45) is 5.92 Å². The number of likely N-dealkylation sites (tertiary alicyclic amines) is 2. The fourth-order valence-corrected chi connectivity index (χ4v) is 6.87. The number of carboxylic acid groups (broad SMARTS) is 1. The second kappa shape index (κ2) is 12.4. The molecule has 0 spiro atoms. The number of carbonyl (C=O) groups is 1. The van der Waals surface area contributed by atoms with Gasteiger partial charge >= 0.3 is 5.97 Å². The molecule has 2 atom stereocenters. The number of nitrogens with zero attached hydrogens (tertiary/aromatic N) is 4. The molecule has 0 saturated carbocycles. The van der Waals surface area contributed by atoms with Gasteiger partial charge in [0.05, 0.1) is 12.1 Å². The smallest absolute Gasteiger partial charge is 0.305 e.